The highest BCUT2D eigenvalue weighted by molar-refractivity contribution is 5.82. The van der Waals surface area contributed by atoms with Crippen LogP contribution < -0.4 is 10.2 Å². The lowest BCUT2D eigenvalue weighted by Crippen LogP contribution is -2.50. The number of halogens is 1. The van der Waals surface area contributed by atoms with Crippen molar-refractivity contribution in [3.05, 3.63) is 29.6 Å². The van der Waals surface area contributed by atoms with Gasteiger partial charge in [-0.25, -0.2) is 9.38 Å². The third-order valence-electron chi connectivity index (χ3n) is 6.33. The standard InChI is InChI=1S/C24H38FN5O2/c1-4-26-24(27-18-19-7-8-22(21(25)17-19)28(5-2)6-3)30-11-9-20(10-12-30)23(31)29-13-15-32-16-14-29/h7-8,17,20H,4-6,9-16,18H2,1-3H3,(H,26,27). The Balaban J connectivity index is 1.59. The van der Waals surface area contributed by atoms with Crippen molar-refractivity contribution in [3.8, 4) is 0 Å². The Morgan fingerprint density at radius 2 is 1.81 bits per heavy atom. The molecule has 1 aromatic carbocycles. The Bertz CT molecular complexity index is 770. The summed E-state index contributed by atoms with van der Waals surface area (Å²) in [5.74, 6) is 0.972. The summed E-state index contributed by atoms with van der Waals surface area (Å²) in [5, 5.41) is 3.35. The minimum atomic E-state index is -0.200. The number of ether oxygens (including phenoxy) is 1. The fourth-order valence-electron chi connectivity index (χ4n) is 4.44. The first kappa shape index (κ1) is 24.3. The average molecular weight is 448 g/mol. The number of hydrogen-bond donors (Lipinski definition) is 1. The molecule has 178 valence electrons. The van der Waals surface area contributed by atoms with Gasteiger partial charge in [0.2, 0.25) is 5.91 Å². The topological polar surface area (TPSA) is 60.4 Å². The highest BCUT2D eigenvalue weighted by Crippen LogP contribution is 2.22. The number of anilines is 1. The average Bonchev–Trinajstić information content (AvgIpc) is 2.84. The summed E-state index contributed by atoms with van der Waals surface area (Å²) in [5.41, 5.74) is 1.49. The number of aliphatic imine (C=N–C) groups is 1. The second-order valence-corrected chi connectivity index (χ2v) is 8.33. The Morgan fingerprint density at radius 3 is 2.41 bits per heavy atom. The van der Waals surface area contributed by atoms with Gasteiger partial charge in [-0.2, -0.15) is 0 Å². The summed E-state index contributed by atoms with van der Waals surface area (Å²) in [7, 11) is 0. The normalized spacial score (nSPS) is 18.1. The number of morpholine rings is 1. The van der Waals surface area contributed by atoms with Crippen LogP contribution in [0.25, 0.3) is 0 Å². The molecular weight excluding hydrogens is 409 g/mol. The molecule has 2 saturated heterocycles. The van der Waals surface area contributed by atoms with Crippen molar-refractivity contribution in [1.29, 1.82) is 0 Å². The lowest BCUT2D eigenvalue weighted by Gasteiger charge is -2.36. The summed E-state index contributed by atoms with van der Waals surface area (Å²) in [6.45, 7) is 13.1. The van der Waals surface area contributed by atoms with Gasteiger partial charge in [0, 0.05) is 51.7 Å². The van der Waals surface area contributed by atoms with Gasteiger partial charge in [0.1, 0.15) is 5.82 Å². The molecule has 0 aromatic heterocycles. The number of nitrogens with one attached hydrogen (secondary N) is 1. The molecule has 0 bridgehead atoms. The van der Waals surface area contributed by atoms with E-state index in [1.165, 1.54) is 0 Å². The summed E-state index contributed by atoms with van der Waals surface area (Å²) in [6.07, 6.45) is 1.65. The minimum absolute atomic E-state index is 0.0777. The van der Waals surface area contributed by atoms with E-state index in [1.54, 1.807) is 6.07 Å². The van der Waals surface area contributed by atoms with E-state index in [4.69, 9.17) is 9.73 Å². The van der Waals surface area contributed by atoms with Crippen LogP contribution in [-0.4, -0.2) is 80.7 Å². The van der Waals surface area contributed by atoms with Crippen molar-refractivity contribution in [3.63, 3.8) is 0 Å². The SMILES string of the molecule is CCNC(=NCc1ccc(N(CC)CC)c(F)c1)N1CCC(C(=O)N2CCOCC2)CC1. The Hall–Kier alpha value is -2.35. The van der Waals surface area contributed by atoms with Crippen molar-refractivity contribution in [1.82, 2.24) is 15.1 Å². The first-order valence-electron chi connectivity index (χ1n) is 12.0. The number of rotatable bonds is 7. The van der Waals surface area contributed by atoms with Crippen LogP contribution in [0.2, 0.25) is 0 Å². The van der Waals surface area contributed by atoms with Gasteiger partial charge in [-0.3, -0.25) is 4.79 Å². The van der Waals surface area contributed by atoms with Gasteiger partial charge >= 0.3 is 0 Å². The molecule has 0 aliphatic carbocycles. The number of carbonyl (C=O) groups excluding carboxylic acids is 1. The third kappa shape index (κ3) is 6.12. The largest absolute Gasteiger partial charge is 0.378 e. The van der Waals surface area contributed by atoms with Crippen molar-refractivity contribution in [2.45, 2.75) is 40.2 Å². The molecule has 8 heteroatoms. The van der Waals surface area contributed by atoms with E-state index in [1.807, 2.05) is 42.7 Å². The number of piperidine rings is 1. The highest BCUT2D eigenvalue weighted by atomic mass is 19.1. The summed E-state index contributed by atoms with van der Waals surface area (Å²) in [4.78, 5) is 23.7. The van der Waals surface area contributed by atoms with E-state index in [0.29, 0.717) is 38.5 Å². The van der Waals surface area contributed by atoms with Gasteiger partial charge in [-0.05, 0) is 51.3 Å². The Morgan fingerprint density at radius 1 is 1.12 bits per heavy atom. The first-order chi connectivity index (χ1) is 15.6. The zero-order chi connectivity index (χ0) is 22.9. The summed E-state index contributed by atoms with van der Waals surface area (Å²) >= 11 is 0. The van der Waals surface area contributed by atoms with Crippen LogP contribution >= 0.6 is 0 Å². The number of amides is 1. The Kier molecular flexibility index (Phi) is 9.14. The maximum atomic E-state index is 14.6. The molecule has 2 heterocycles. The van der Waals surface area contributed by atoms with Crippen LogP contribution in [0.3, 0.4) is 0 Å². The molecule has 2 aliphatic rings. The molecular formula is C24H38FN5O2. The molecule has 0 saturated carbocycles. The number of benzene rings is 1. The smallest absolute Gasteiger partial charge is 0.225 e. The third-order valence-corrected chi connectivity index (χ3v) is 6.33. The van der Waals surface area contributed by atoms with Gasteiger partial charge in [-0.15, -0.1) is 0 Å². The van der Waals surface area contributed by atoms with Crippen molar-refractivity contribution >= 4 is 17.6 Å². The van der Waals surface area contributed by atoms with E-state index < -0.39 is 0 Å². The van der Waals surface area contributed by atoms with E-state index in [-0.39, 0.29) is 17.6 Å². The van der Waals surface area contributed by atoms with Gasteiger partial charge in [0.25, 0.3) is 0 Å². The molecule has 2 aliphatic heterocycles. The van der Waals surface area contributed by atoms with Crippen LogP contribution in [0, 0.1) is 11.7 Å². The van der Waals surface area contributed by atoms with E-state index >= 15 is 0 Å². The molecule has 1 N–H and O–H groups in total. The fraction of sp³-hybridized carbons (Fsp3) is 0.667. The zero-order valence-corrected chi connectivity index (χ0v) is 19.8. The molecule has 1 amide bonds. The van der Waals surface area contributed by atoms with Crippen molar-refractivity contribution < 1.29 is 13.9 Å². The molecule has 7 nitrogen and oxygen atoms in total. The number of hydrogen-bond acceptors (Lipinski definition) is 4. The molecule has 2 fully saturated rings. The number of nitrogens with zero attached hydrogens (tertiary/aromatic N) is 4. The van der Waals surface area contributed by atoms with E-state index in [9.17, 15) is 9.18 Å². The highest BCUT2D eigenvalue weighted by Gasteiger charge is 2.30. The molecule has 0 atom stereocenters. The first-order valence-corrected chi connectivity index (χ1v) is 12.0. The van der Waals surface area contributed by atoms with Crippen LogP contribution in [0.5, 0.6) is 0 Å². The quantitative estimate of drug-likeness (QED) is 0.515. The maximum Gasteiger partial charge on any atom is 0.225 e. The van der Waals surface area contributed by atoms with Gasteiger partial charge < -0.3 is 24.8 Å². The van der Waals surface area contributed by atoms with Crippen LogP contribution in [0.15, 0.2) is 23.2 Å². The predicted octanol–water partition coefficient (Wildman–Crippen LogP) is 2.71. The minimum Gasteiger partial charge on any atom is -0.378 e. The second kappa shape index (κ2) is 12.0. The molecule has 1 aromatic rings. The van der Waals surface area contributed by atoms with Gasteiger partial charge in [-0.1, -0.05) is 6.07 Å². The predicted molar refractivity (Wildman–Crippen MR) is 126 cm³/mol. The van der Waals surface area contributed by atoms with Gasteiger partial charge in [0.15, 0.2) is 5.96 Å². The lowest BCUT2D eigenvalue weighted by atomic mass is 9.95. The van der Waals surface area contributed by atoms with E-state index in [2.05, 4.69) is 10.2 Å². The van der Waals surface area contributed by atoms with Crippen LogP contribution in [0.1, 0.15) is 39.2 Å². The maximum absolute atomic E-state index is 14.6. The number of likely N-dealkylation sites (tertiary alicyclic amines) is 1. The molecule has 0 radical (unpaired) electrons. The zero-order valence-electron chi connectivity index (χ0n) is 19.8. The summed E-state index contributed by atoms with van der Waals surface area (Å²) < 4.78 is 20.0. The fourth-order valence-corrected chi connectivity index (χ4v) is 4.44. The van der Waals surface area contributed by atoms with Gasteiger partial charge in [0.05, 0.1) is 25.4 Å². The van der Waals surface area contributed by atoms with Crippen molar-refractivity contribution in [2.24, 2.45) is 10.9 Å². The molecule has 32 heavy (non-hydrogen) atoms. The Labute approximate surface area is 191 Å². The van der Waals surface area contributed by atoms with Crippen LogP contribution in [0.4, 0.5) is 10.1 Å². The molecule has 3 rings (SSSR count). The number of carbonyl (C=O) groups is 1. The lowest BCUT2D eigenvalue weighted by molar-refractivity contribution is -0.140. The van der Waals surface area contributed by atoms with Crippen molar-refractivity contribution in [2.75, 3.05) is 63.9 Å². The monoisotopic (exact) mass is 447 g/mol. The molecule has 0 spiro atoms. The number of guanidine groups is 1. The van der Waals surface area contributed by atoms with E-state index in [0.717, 1.165) is 57.1 Å². The second-order valence-electron chi connectivity index (χ2n) is 8.33. The van der Waals surface area contributed by atoms with Crippen LogP contribution in [-0.2, 0) is 16.1 Å². The summed E-state index contributed by atoms with van der Waals surface area (Å²) in [6, 6.07) is 5.40. The molecule has 0 unspecified atom stereocenters.